The summed E-state index contributed by atoms with van der Waals surface area (Å²) in [6, 6.07) is 5.87. The lowest BCUT2D eigenvalue weighted by atomic mass is 9.66. The number of benzene rings is 1. The molecule has 0 unspecified atom stereocenters. The van der Waals surface area contributed by atoms with E-state index in [4.69, 9.17) is 0 Å². The Morgan fingerprint density at radius 3 is 2.52 bits per heavy atom. The number of fused-ring (bicyclic) bond motifs is 1. The van der Waals surface area contributed by atoms with Gasteiger partial charge in [0.15, 0.2) is 0 Å². The monoisotopic (exact) mass is 434 g/mol. The van der Waals surface area contributed by atoms with Crippen molar-refractivity contribution in [2.75, 3.05) is 5.32 Å². The molecule has 1 fully saturated rings. The third kappa shape index (κ3) is 4.26. The Bertz CT molecular complexity index is 1140. The van der Waals surface area contributed by atoms with E-state index in [1.165, 1.54) is 12.1 Å². The zero-order chi connectivity index (χ0) is 22.6. The molecule has 164 valence electrons. The summed E-state index contributed by atoms with van der Waals surface area (Å²) in [6.07, 6.45) is -0.894. The van der Waals surface area contributed by atoms with Gasteiger partial charge in [-0.3, -0.25) is 9.48 Å². The molecular formula is C22H22F4N4O. The number of carbonyl (C=O) groups excluding carboxylic acids is 1. The lowest BCUT2D eigenvalue weighted by molar-refractivity contribution is -0.141. The molecule has 1 aromatic carbocycles. The van der Waals surface area contributed by atoms with Crippen LogP contribution in [0.3, 0.4) is 0 Å². The lowest BCUT2D eigenvalue weighted by Crippen LogP contribution is -2.35. The number of nitrogens with one attached hydrogen (secondary N) is 1. The van der Waals surface area contributed by atoms with Crippen LogP contribution in [-0.4, -0.2) is 20.7 Å². The summed E-state index contributed by atoms with van der Waals surface area (Å²) in [4.78, 5) is 15.7. The van der Waals surface area contributed by atoms with E-state index in [1.54, 1.807) is 6.20 Å². The van der Waals surface area contributed by atoms with E-state index in [0.29, 0.717) is 16.8 Å². The van der Waals surface area contributed by atoms with Crippen molar-refractivity contribution in [1.82, 2.24) is 14.8 Å². The molecule has 1 N–H and O–H groups in total. The minimum Gasteiger partial charge on any atom is -0.318 e. The quantitative estimate of drug-likeness (QED) is 0.527. The van der Waals surface area contributed by atoms with Crippen LogP contribution in [0.1, 0.15) is 55.8 Å². The van der Waals surface area contributed by atoms with Gasteiger partial charge in [-0.25, -0.2) is 9.37 Å². The van der Waals surface area contributed by atoms with Crippen LogP contribution in [0.5, 0.6) is 0 Å². The fourth-order valence-corrected chi connectivity index (χ4v) is 3.76. The zero-order valence-corrected chi connectivity index (χ0v) is 17.3. The average molecular weight is 434 g/mol. The highest BCUT2D eigenvalue weighted by molar-refractivity contribution is 6.03. The Morgan fingerprint density at radius 1 is 1.16 bits per heavy atom. The number of amides is 1. The highest BCUT2D eigenvalue weighted by Crippen LogP contribution is 2.47. The van der Waals surface area contributed by atoms with Gasteiger partial charge in [0.05, 0.1) is 17.2 Å². The van der Waals surface area contributed by atoms with Gasteiger partial charge in [0, 0.05) is 17.6 Å². The van der Waals surface area contributed by atoms with Crippen LogP contribution in [0.2, 0.25) is 0 Å². The van der Waals surface area contributed by atoms with Crippen molar-refractivity contribution >= 4 is 22.5 Å². The van der Waals surface area contributed by atoms with Crippen LogP contribution < -0.4 is 5.32 Å². The summed E-state index contributed by atoms with van der Waals surface area (Å²) in [7, 11) is 0. The molecule has 1 aliphatic carbocycles. The number of alkyl halides is 3. The van der Waals surface area contributed by atoms with Crippen LogP contribution in [0.4, 0.5) is 23.2 Å². The van der Waals surface area contributed by atoms with Crippen molar-refractivity contribution in [1.29, 1.82) is 0 Å². The Hall–Kier alpha value is -2.97. The molecule has 9 heteroatoms. The first-order valence-corrected chi connectivity index (χ1v) is 9.96. The molecule has 0 atom stereocenters. The lowest BCUT2D eigenvalue weighted by Gasteiger charge is -2.43. The van der Waals surface area contributed by atoms with Crippen LogP contribution in [-0.2, 0) is 6.18 Å². The third-order valence-electron chi connectivity index (χ3n) is 5.84. The summed E-state index contributed by atoms with van der Waals surface area (Å²) < 4.78 is 54.8. The topological polar surface area (TPSA) is 59.8 Å². The molecule has 2 heterocycles. The average Bonchev–Trinajstić information content (AvgIpc) is 3.00. The van der Waals surface area contributed by atoms with E-state index in [-0.39, 0.29) is 17.1 Å². The second-order valence-electron chi connectivity index (χ2n) is 9.05. The number of rotatable bonds is 3. The minimum absolute atomic E-state index is 0.141. The van der Waals surface area contributed by atoms with Crippen molar-refractivity contribution in [3.8, 4) is 0 Å². The van der Waals surface area contributed by atoms with Gasteiger partial charge in [-0.1, -0.05) is 26.8 Å². The summed E-state index contributed by atoms with van der Waals surface area (Å²) in [6.45, 7) is 6.62. The molecule has 0 spiro atoms. The Labute approximate surface area is 176 Å². The van der Waals surface area contributed by atoms with E-state index in [2.05, 4.69) is 36.2 Å². The zero-order valence-electron chi connectivity index (χ0n) is 17.3. The van der Waals surface area contributed by atoms with Crippen LogP contribution in [0, 0.1) is 17.2 Å². The van der Waals surface area contributed by atoms with E-state index < -0.39 is 29.3 Å². The number of halogens is 4. The van der Waals surface area contributed by atoms with Gasteiger partial charge in [0.2, 0.25) is 0 Å². The maximum atomic E-state index is 14.5. The van der Waals surface area contributed by atoms with Crippen molar-refractivity contribution in [3.63, 3.8) is 0 Å². The Morgan fingerprint density at radius 2 is 1.87 bits per heavy atom. The molecule has 4 rings (SSSR count). The number of pyridine rings is 1. The molecule has 31 heavy (non-hydrogen) atoms. The second-order valence-corrected chi connectivity index (χ2v) is 9.05. The standard InChI is InChI=1S/C22H22F4N4O/c1-21(2,3)13-8-14(9-13)30-11-12-7-18(15(23)10-17(12)29-30)28-20(31)16-5-4-6-19(27-16)22(24,25)26/h4-7,10-11,13-14H,8-9H2,1-3H3,(H,28,31). The Kier molecular flexibility index (Phi) is 5.02. The van der Waals surface area contributed by atoms with Crippen molar-refractivity contribution in [2.24, 2.45) is 11.3 Å². The summed E-state index contributed by atoms with van der Waals surface area (Å²) in [5.41, 5.74) is -1.10. The normalized spacial score (nSPS) is 19.3. The molecule has 1 saturated carbocycles. The minimum atomic E-state index is -4.68. The largest absolute Gasteiger partial charge is 0.433 e. The van der Waals surface area contributed by atoms with Crippen molar-refractivity contribution in [3.05, 3.63) is 53.7 Å². The molecule has 5 nitrogen and oxygen atoms in total. The second kappa shape index (κ2) is 7.32. The van der Waals surface area contributed by atoms with Gasteiger partial charge in [0.1, 0.15) is 17.2 Å². The molecule has 2 aromatic heterocycles. The fourth-order valence-electron chi connectivity index (χ4n) is 3.76. The predicted octanol–water partition coefficient (Wildman–Crippen LogP) is 5.84. The first-order valence-electron chi connectivity index (χ1n) is 9.96. The fraction of sp³-hybridized carbons (Fsp3) is 0.409. The van der Waals surface area contributed by atoms with Crippen LogP contribution >= 0.6 is 0 Å². The molecule has 0 aliphatic heterocycles. The number of nitrogens with zero attached hydrogens (tertiary/aromatic N) is 3. The van der Waals surface area contributed by atoms with Crippen molar-refractivity contribution in [2.45, 2.75) is 45.8 Å². The maximum Gasteiger partial charge on any atom is 0.433 e. The van der Waals surface area contributed by atoms with Gasteiger partial charge in [-0.05, 0) is 42.4 Å². The van der Waals surface area contributed by atoms with E-state index in [1.807, 2.05) is 4.68 Å². The van der Waals surface area contributed by atoms with Gasteiger partial charge < -0.3 is 5.32 Å². The molecule has 0 radical (unpaired) electrons. The molecule has 1 aliphatic rings. The predicted molar refractivity (Wildman–Crippen MR) is 108 cm³/mol. The maximum absolute atomic E-state index is 14.5. The first kappa shape index (κ1) is 21.3. The number of hydrogen-bond acceptors (Lipinski definition) is 3. The van der Waals surface area contributed by atoms with E-state index >= 15 is 0 Å². The van der Waals surface area contributed by atoms with Gasteiger partial charge >= 0.3 is 6.18 Å². The number of aromatic nitrogens is 3. The van der Waals surface area contributed by atoms with Crippen molar-refractivity contribution < 1.29 is 22.4 Å². The highest BCUT2D eigenvalue weighted by Gasteiger charge is 2.38. The highest BCUT2D eigenvalue weighted by atomic mass is 19.4. The molecular weight excluding hydrogens is 412 g/mol. The van der Waals surface area contributed by atoms with Crippen LogP contribution in [0.25, 0.3) is 10.9 Å². The molecule has 3 aromatic rings. The summed E-state index contributed by atoms with van der Waals surface area (Å²) >= 11 is 0. The first-order chi connectivity index (χ1) is 14.4. The van der Waals surface area contributed by atoms with Gasteiger partial charge in [-0.2, -0.15) is 18.3 Å². The van der Waals surface area contributed by atoms with Gasteiger partial charge in [0.25, 0.3) is 5.91 Å². The molecule has 0 saturated heterocycles. The molecule has 1 amide bonds. The summed E-state index contributed by atoms with van der Waals surface area (Å²) in [5, 5.41) is 7.40. The van der Waals surface area contributed by atoms with E-state index in [0.717, 1.165) is 31.0 Å². The smallest absolute Gasteiger partial charge is 0.318 e. The number of anilines is 1. The summed E-state index contributed by atoms with van der Waals surface area (Å²) in [5.74, 6) is -1.06. The third-order valence-corrected chi connectivity index (χ3v) is 5.84. The Balaban J connectivity index is 1.54. The van der Waals surface area contributed by atoms with Crippen LogP contribution in [0.15, 0.2) is 36.5 Å². The van der Waals surface area contributed by atoms with E-state index in [9.17, 15) is 22.4 Å². The number of carbonyl (C=O) groups is 1. The SMILES string of the molecule is CC(C)(C)C1CC(n2cc3cc(NC(=O)c4cccc(C(F)(F)F)n4)c(F)cc3n2)C1. The number of hydrogen-bond donors (Lipinski definition) is 1. The van der Waals surface area contributed by atoms with Gasteiger partial charge in [-0.15, -0.1) is 0 Å². The molecule has 0 bridgehead atoms.